The van der Waals surface area contributed by atoms with Crippen molar-refractivity contribution in [2.45, 2.75) is 12.5 Å². The summed E-state index contributed by atoms with van der Waals surface area (Å²) >= 11 is 1.41. The zero-order valence-corrected chi connectivity index (χ0v) is 14.6. The Bertz CT molecular complexity index is 815. The molecule has 7 nitrogen and oxygen atoms in total. The number of carbonyl (C=O) groups excluding carboxylic acids is 1. The van der Waals surface area contributed by atoms with Gasteiger partial charge in [-0.25, -0.2) is 0 Å². The van der Waals surface area contributed by atoms with Gasteiger partial charge in [0.1, 0.15) is 0 Å². The highest BCUT2D eigenvalue weighted by atomic mass is 32.1. The molecule has 1 aromatic carbocycles. The summed E-state index contributed by atoms with van der Waals surface area (Å²) in [5.74, 6) is 0.0430. The van der Waals surface area contributed by atoms with Gasteiger partial charge in [-0.2, -0.15) is 0 Å². The molecule has 1 N–H and O–H groups in total. The quantitative estimate of drug-likeness (QED) is 0.668. The Morgan fingerprint density at radius 3 is 2.80 bits per heavy atom. The number of nitro groups is 1. The molecule has 1 amide bonds. The number of benzene rings is 1. The number of rotatable bonds is 3. The summed E-state index contributed by atoms with van der Waals surface area (Å²) in [4.78, 5) is 28.4. The molecule has 0 aliphatic carbocycles. The Hall–Kier alpha value is -2.03. The lowest BCUT2D eigenvalue weighted by molar-refractivity contribution is -0.384. The van der Waals surface area contributed by atoms with Gasteiger partial charge >= 0.3 is 0 Å². The summed E-state index contributed by atoms with van der Waals surface area (Å²) in [5.41, 5.74) is 0.0595. The first-order valence-electron chi connectivity index (χ1n) is 8.54. The molecule has 1 atom stereocenters. The van der Waals surface area contributed by atoms with Gasteiger partial charge in [0, 0.05) is 67.5 Å². The van der Waals surface area contributed by atoms with Gasteiger partial charge in [-0.3, -0.25) is 19.8 Å². The number of hydrogen-bond acceptors (Lipinski definition) is 6. The van der Waals surface area contributed by atoms with E-state index in [1.54, 1.807) is 12.1 Å². The van der Waals surface area contributed by atoms with E-state index in [1.165, 1.54) is 23.5 Å². The first-order chi connectivity index (χ1) is 12.1. The molecule has 2 fully saturated rings. The van der Waals surface area contributed by atoms with Crippen molar-refractivity contribution in [1.29, 1.82) is 0 Å². The Morgan fingerprint density at radius 2 is 2.04 bits per heavy atom. The minimum atomic E-state index is -0.406. The number of non-ortho nitro benzene ring substituents is 1. The molecule has 2 aliphatic heterocycles. The van der Waals surface area contributed by atoms with Crippen molar-refractivity contribution in [3.05, 3.63) is 39.3 Å². The van der Waals surface area contributed by atoms with E-state index in [0.717, 1.165) is 55.8 Å². The van der Waals surface area contributed by atoms with Gasteiger partial charge < -0.3 is 10.2 Å². The van der Waals surface area contributed by atoms with Crippen molar-refractivity contribution >= 4 is 33.0 Å². The Kier molecular flexibility index (Phi) is 4.41. The van der Waals surface area contributed by atoms with E-state index in [9.17, 15) is 14.9 Å². The van der Waals surface area contributed by atoms with Crippen molar-refractivity contribution in [2.75, 3.05) is 39.3 Å². The van der Waals surface area contributed by atoms with Crippen LogP contribution in [-0.2, 0) is 0 Å². The molecule has 2 aliphatic rings. The topological polar surface area (TPSA) is 78.7 Å². The molecule has 0 radical (unpaired) electrons. The zero-order valence-electron chi connectivity index (χ0n) is 13.8. The monoisotopic (exact) mass is 360 g/mol. The lowest BCUT2D eigenvalue weighted by Crippen LogP contribution is -2.49. The van der Waals surface area contributed by atoms with Crippen molar-refractivity contribution in [2.24, 2.45) is 0 Å². The van der Waals surface area contributed by atoms with Crippen molar-refractivity contribution < 1.29 is 9.72 Å². The molecule has 25 heavy (non-hydrogen) atoms. The Morgan fingerprint density at radius 1 is 1.24 bits per heavy atom. The fourth-order valence-corrected chi connectivity index (χ4v) is 4.69. The second kappa shape index (κ2) is 6.70. The van der Waals surface area contributed by atoms with Crippen LogP contribution in [0.3, 0.4) is 0 Å². The summed E-state index contributed by atoms with van der Waals surface area (Å²) in [6.45, 7) is 5.66. The summed E-state index contributed by atoms with van der Waals surface area (Å²) in [6.07, 6.45) is 1.02. The number of nitrogens with zero attached hydrogens (tertiary/aromatic N) is 3. The molecule has 8 heteroatoms. The molecule has 3 heterocycles. The smallest absolute Gasteiger partial charge is 0.270 e. The van der Waals surface area contributed by atoms with Gasteiger partial charge in [0.05, 0.1) is 9.80 Å². The summed E-state index contributed by atoms with van der Waals surface area (Å²) in [7, 11) is 0. The molecule has 2 aromatic rings. The number of amides is 1. The summed E-state index contributed by atoms with van der Waals surface area (Å²) in [5, 5.41) is 15.0. The van der Waals surface area contributed by atoms with Crippen molar-refractivity contribution in [3.63, 3.8) is 0 Å². The van der Waals surface area contributed by atoms with Gasteiger partial charge in [-0.15, -0.1) is 11.3 Å². The fraction of sp³-hybridized carbons (Fsp3) is 0.471. The number of piperazine rings is 1. The minimum absolute atomic E-state index is 0.0430. The normalized spacial score (nSPS) is 21.8. The lowest BCUT2D eigenvalue weighted by Gasteiger charge is -2.32. The third-order valence-electron chi connectivity index (χ3n) is 5.04. The van der Waals surface area contributed by atoms with Gasteiger partial charge in [-0.1, -0.05) is 0 Å². The Balaban J connectivity index is 1.49. The maximum absolute atomic E-state index is 12.8. The number of carbonyl (C=O) groups is 1. The van der Waals surface area contributed by atoms with Crippen LogP contribution in [0.1, 0.15) is 16.1 Å². The van der Waals surface area contributed by atoms with Crippen LogP contribution in [0, 0.1) is 10.1 Å². The first kappa shape index (κ1) is 16.4. The predicted molar refractivity (Wildman–Crippen MR) is 97.2 cm³/mol. The third kappa shape index (κ3) is 3.24. The maximum atomic E-state index is 12.8. The molecule has 0 spiro atoms. The van der Waals surface area contributed by atoms with Crippen molar-refractivity contribution in [1.82, 2.24) is 15.1 Å². The van der Waals surface area contributed by atoms with E-state index < -0.39 is 4.92 Å². The maximum Gasteiger partial charge on any atom is 0.270 e. The van der Waals surface area contributed by atoms with Gasteiger partial charge in [0.15, 0.2) is 0 Å². The van der Waals surface area contributed by atoms with Crippen LogP contribution in [0.5, 0.6) is 0 Å². The van der Waals surface area contributed by atoms with Gasteiger partial charge in [-0.05, 0) is 18.6 Å². The molecular weight excluding hydrogens is 340 g/mol. The highest BCUT2D eigenvalue weighted by Gasteiger charge is 2.31. The van der Waals surface area contributed by atoms with Gasteiger partial charge in [0.25, 0.3) is 11.6 Å². The number of hydrogen-bond donors (Lipinski definition) is 1. The molecule has 4 rings (SSSR count). The molecule has 1 aromatic heterocycles. The van der Waals surface area contributed by atoms with Crippen molar-refractivity contribution in [3.8, 4) is 0 Å². The highest BCUT2D eigenvalue weighted by molar-refractivity contribution is 7.20. The van der Waals surface area contributed by atoms with E-state index in [2.05, 4.69) is 10.2 Å². The van der Waals surface area contributed by atoms with E-state index in [-0.39, 0.29) is 11.6 Å². The van der Waals surface area contributed by atoms with Crippen LogP contribution >= 0.6 is 11.3 Å². The number of thiophene rings is 1. The van der Waals surface area contributed by atoms with E-state index in [4.69, 9.17) is 0 Å². The third-order valence-corrected chi connectivity index (χ3v) is 6.14. The number of nitro benzene ring substituents is 1. The van der Waals surface area contributed by atoms with Gasteiger partial charge in [0.2, 0.25) is 0 Å². The molecule has 132 valence electrons. The highest BCUT2D eigenvalue weighted by Crippen LogP contribution is 2.30. The van der Waals surface area contributed by atoms with Crippen LogP contribution in [0.25, 0.3) is 10.1 Å². The summed E-state index contributed by atoms with van der Waals surface area (Å²) < 4.78 is 0.909. The zero-order chi connectivity index (χ0) is 17.4. The van der Waals surface area contributed by atoms with Crippen LogP contribution in [0.15, 0.2) is 24.3 Å². The molecule has 0 bridgehead atoms. The number of fused-ring (bicyclic) bond motifs is 1. The molecule has 1 unspecified atom stereocenters. The van der Waals surface area contributed by atoms with Crippen LogP contribution in [0.4, 0.5) is 5.69 Å². The molecule has 2 saturated heterocycles. The Labute approximate surface area is 149 Å². The summed E-state index contributed by atoms with van der Waals surface area (Å²) in [6, 6.07) is 6.98. The minimum Gasteiger partial charge on any atom is -0.336 e. The SMILES string of the molecule is O=C(c1cc2cc([N+](=O)[O-])ccc2s1)N1CCC(N2CCNCC2)C1. The van der Waals surface area contributed by atoms with E-state index >= 15 is 0 Å². The standard InChI is InChI=1S/C17H20N4O3S/c22-17(20-6-3-14(11-20)19-7-4-18-5-8-19)16-10-12-9-13(21(23)24)1-2-15(12)25-16/h1-2,9-10,14,18H,3-8,11H2. The lowest BCUT2D eigenvalue weighted by atomic mass is 10.2. The number of likely N-dealkylation sites (tertiary alicyclic amines) is 1. The van der Waals surface area contributed by atoms with Crippen LogP contribution in [-0.4, -0.2) is 65.9 Å². The average molecular weight is 360 g/mol. The van der Waals surface area contributed by atoms with E-state index in [0.29, 0.717) is 10.9 Å². The fourth-order valence-electron chi connectivity index (χ4n) is 3.68. The molecule has 0 saturated carbocycles. The number of nitrogens with one attached hydrogen (secondary N) is 1. The second-order valence-corrected chi connectivity index (χ2v) is 7.65. The second-order valence-electron chi connectivity index (χ2n) is 6.57. The average Bonchev–Trinajstić information content (AvgIpc) is 3.28. The predicted octanol–water partition coefficient (Wildman–Crippen LogP) is 1.93. The van der Waals surface area contributed by atoms with E-state index in [1.807, 2.05) is 4.90 Å². The van der Waals surface area contributed by atoms with Crippen LogP contribution in [0.2, 0.25) is 0 Å². The molecular formula is C17H20N4O3S. The van der Waals surface area contributed by atoms with Crippen LogP contribution < -0.4 is 5.32 Å². The first-order valence-corrected chi connectivity index (χ1v) is 9.35. The largest absolute Gasteiger partial charge is 0.336 e.